The summed E-state index contributed by atoms with van der Waals surface area (Å²) in [5.74, 6) is 0. The largest absolute Gasteiger partial charge is 0.492 e. The van der Waals surface area contributed by atoms with Gasteiger partial charge in [0, 0.05) is 6.04 Å². The summed E-state index contributed by atoms with van der Waals surface area (Å²) in [5, 5.41) is 0. The second-order valence-electron chi connectivity index (χ2n) is 2.37. The molecule has 10 heavy (non-hydrogen) atoms. The van der Waals surface area contributed by atoms with Crippen LogP contribution >= 0.6 is 0 Å². The molecule has 0 atom stereocenters. The summed E-state index contributed by atoms with van der Waals surface area (Å²) in [5.41, 5.74) is 5.20. The number of nitrogens with two attached hydrogens (primary N) is 1. The molecule has 0 aliphatic rings. The maximum atomic E-state index is 8.54. The normalized spacial score (nSPS) is 12.0. The number of hydrogen-bond acceptors (Lipinski definition) is 4. The predicted molar refractivity (Wildman–Crippen MR) is 40.1 cm³/mol. The molecule has 0 aliphatic heterocycles. The van der Waals surface area contributed by atoms with Gasteiger partial charge in [0.15, 0.2) is 0 Å². The maximum absolute atomic E-state index is 8.54. The highest BCUT2D eigenvalue weighted by Crippen LogP contribution is 2.05. The molecule has 62 valence electrons. The van der Waals surface area contributed by atoms with Gasteiger partial charge in [-0.3, -0.25) is 0 Å². The van der Waals surface area contributed by atoms with Gasteiger partial charge in [0.2, 0.25) is 0 Å². The zero-order chi connectivity index (χ0) is 8.04. The fourth-order valence-corrected chi connectivity index (χ4v) is 1.41. The number of hydrogen-bond donors (Lipinski definition) is 4. The Morgan fingerprint density at radius 3 is 2.00 bits per heavy atom. The Labute approximate surface area is 61.7 Å². The van der Waals surface area contributed by atoms with Crippen molar-refractivity contribution in [3.05, 3.63) is 0 Å². The van der Waals surface area contributed by atoms with Crippen molar-refractivity contribution in [3.63, 3.8) is 0 Å². The predicted octanol–water partition coefficient (Wildman–Crippen LogP) is -0.969. The van der Waals surface area contributed by atoms with Crippen molar-refractivity contribution in [1.29, 1.82) is 0 Å². The van der Waals surface area contributed by atoms with E-state index in [-0.39, 0.29) is 6.04 Å². The Bertz CT molecular complexity index is 83.5. The van der Waals surface area contributed by atoms with E-state index in [4.69, 9.17) is 20.1 Å². The van der Waals surface area contributed by atoms with Gasteiger partial charge in [-0.15, -0.1) is 0 Å². The third-order valence-electron chi connectivity index (χ3n) is 1.22. The summed E-state index contributed by atoms with van der Waals surface area (Å²) < 4.78 is 0. The van der Waals surface area contributed by atoms with Crippen molar-refractivity contribution in [2.24, 2.45) is 5.73 Å². The molecule has 0 heterocycles. The van der Waals surface area contributed by atoms with Crippen molar-refractivity contribution < 1.29 is 14.4 Å². The lowest BCUT2D eigenvalue weighted by atomic mass is 10.2. The third kappa shape index (κ3) is 8.06. The van der Waals surface area contributed by atoms with Crippen LogP contribution in [0.15, 0.2) is 0 Å². The van der Waals surface area contributed by atoms with Crippen LogP contribution in [0.3, 0.4) is 0 Å². The van der Waals surface area contributed by atoms with E-state index in [2.05, 4.69) is 0 Å². The van der Waals surface area contributed by atoms with Gasteiger partial charge in [-0.05, 0) is 19.4 Å². The Hall–Kier alpha value is 0.0569. The molecule has 0 bridgehead atoms. The Balaban J connectivity index is 3.04. The minimum Gasteiger partial charge on any atom is -0.390 e. The molecule has 0 spiro atoms. The molecule has 0 fully saturated rings. The summed E-state index contributed by atoms with van der Waals surface area (Å²) in [7, 11) is -3.75. The van der Waals surface area contributed by atoms with Gasteiger partial charge < -0.3 is 20.1 Å². The quantitative estimate of drug-likeness (QED) is 0.312. The second kappa shape index (κ2) is 4.81. The highest BCUT2D eigenvalue weighted by Gasteiger charge is 2.25. The van der Waals surface area contributed by atoms with Crippen LogP contribution in [0, 0.1) is 0 Å². The van der Waals surface area contributed by atoms with Crippen molar-refractivity contribution in [2.45, 2.75) is 25.3 Å². The van der Waals surface area contributed by atoms with E-state index in [9.17, 15) is 0 Å². The molecule has 5 N–H and O–H groups in total. The van der Waals surface area contributed by atoms with Gasteiger partial charge in [-0.1, -0.05) is 6.42 Å². The first-order valence-electron chi connectivity index (χ1n) is 3.43. The second-order valence-corrected chi connectivity index (χ2v) is 4.42. The van der Waals surface area contributed by atoms with Gasteiger partial charge in [-0.2, -0.15) is 0 Å². The van der Waals surface area contributed by atoms with E-state index in [0.717, 1.165) is 12.8 Å². The minimum absolute atomic E-state index is 0.132. The molecule has 4 nitrogen and oxygen atoms in total. The van der Waals surface area contributed by atoms with Crippen molar-refractivity contribution in [3.8, 4) is 0 Å². The van der Waals surface area contributed by atoms with Crippen molar-refractivity contribution in [1.82, 2.24) is 0 Å². The average Bonchev–Trinajstić information content (AvgIpc) is 1.78. The first-order chi connectivity index (χ1) is 4.56. The highest BCUT2D eigenvalue weighted by molar-refractivity contribution is 6.56. The monoisotopic (exact) mass is 165 g/mol. The smallest absolute Gasteiger partial charge is 0.390 e. The molecular formula is C5H15NO3Si. The lowest BCUT2D eigenvalue weighted by molar-refractivity contribution is 0.226. The topological polar surface area (TPSA) is 86.7 Å². The Kier molecular flexibility index (Phi) is 4.84. The molecule has 0 aromatic rings. The fourth-order valence-electron chi connectivity index (χ4n) is 0.683. The van der Waals surface area contributed by atoms with Gasteiger partial charge >= 0.3 is 8.80 Å². The molecule has 0 aromatic carbocycles. The van der Waals surface area contributed by atoms with Crippen LogP contribution in [0.2, 0.25) is 6.04 Å². The molecule has 0 aromatic heterocycles. The Morgan fingerprint density at radius 1 is 1.00 bits per heavy atom. The van der Waals surface area contributed by atoms with E-state index < -0.39 is 8.80 Å². The zero-order valence-corrected chi connectivity index (χ0v) is 6.95. The summed E-state index contributed by atoms with van der Waals surface area (Å²) in [6, 6.07) is 0.132. The van der Waals surface area contributed by atoms with E-state index in [0.29, 0.717) is 13.0 Å². The van der Waals surface area contributed by atoms with Gasteiger partial charge in [0.1, 0.15) is 0 Å². The van der Waals surface area contributed by atoms with E-state index in [1.54, 1.807) is 0 Å². The van der Waals surface area contributed by atoms with Gasteiger partial charge in [0.25, 0.3) is 0 Å². The standard InChI is InChI=1S/C5H15NO3Si/c6-4-2-1-3-5-10(7,8)9/h7-9H,1-6H2. The molecule has 0 amide bonds. The zero-order valence-electron chi connectivity index (χ0n) is 5.95. The maximum Gasteiger partial charge on any atom is 0.492 e. The third-order valence-corrected chi connectivity index (χ3v) is 2.24. The van der Waals surface area contributed by atoms with Crippen molar-refractivity contribution >= 4 is 8.80 Å². The minimum atomic E-state index is -3.75. The van der Waals surface area contributed by atoms with Crippen LogP contribution in [0.5, 0.6) is 0 Å². The van der Waals surface area contributed by atoms with Crippen LogP contribution in [0.4, 0.5) is 0 Å². The van der Waals surface area contributed by atoms with Crippen molar-refractivity contribution in [2.75, 3.05) is 6.54 Å². The first-order valence-corrected chi connectivity index (χ1v) is 5.48. The fraction of sp³-hybridized carbons (Fsp3) is 1.00. The van der Waals surface area contributed by atoms with Crippen LogP contribution in [-0.4, -0.2) is 29.7 Å². The number of unbranched alkanes of at least 4 members (excludes halogenated alkanes) is 2. The molecule has 0 rings (SSSR count). The van der Waals surface area contributed by atoms with Crippen LogP contribution in [0.1, 0.15) is 19.3 Å². The van der Waals surface area contributed by atoms with Crippen LogP contribution in [-0.2, 0) is 0 Å². The molecule has 5 heteroatoms. The average molecular weight is 165 g/mol. The summed E-state index contributed by atoms with van der Waals surface area (Å²) in [6.45, 7) is 0.622. The summed E-state index contributed by atoms with van der Waals surface area (Å²) >= 11 is 0. The Morgan fingerprint density at radius 2 is 1.60 bits per heavy atom. The molecule has 0 saturated carbocycles. The molecular weight excluding hydrogens is 150 g/mol. The molecule has 0 saturated heterocycles. The molecule has 0 unspecified atom stereocenters. The highest BCUT2D eigenvalue weighted by atomic mass is 28.4. The van der Waals surface area contributed by atoms with E-state index in [1.165, 1.54) is 0 Å². The van der Waals surface area contributed by atoms with E-state index >= 15 is 0 Å². The summed E-state index contributed by atoms with van der Waals surface area (Å²) in [6.07, 6.45) is 2.38. The summed E-state index contributed by atoms with van der Waals surface area (Å²) in [4.78, 5) is 25.6. The van der Waals surface area contributed by atoms with Gasteiger partial charge in [0.05, 0.1) is 0 Å². The molecule has 0 radical (unpaired) electrons. The lowest BCUT2D eigenvalue weighted by Gasteiger charge is -2.07. The van der Waals surface area contributed by atoms with E-state index in [1.807, 2.05) is 0 Å². The lowest BCUT2D eigenvalue weighted by Crippen LogP contribution is -2.34. The first kappa shape index (κ1) is 10.1. The van der Waals surface area contributed by atoms with Gasteiger partial charge in [-0.25, -0.2) is 0 Å². The SMILES string of the molecule is NCCCCC[Si](O)(O)O. The van der Waals surface area contributed by atoms with Crippen LogP contribution < -0.4 is 5.73 Å². The number of rotatable bonds is 5. The molecule has 0 aliphatic carbocycles. The van der Waals surface area contributed by atoms with Crippen LogP contribution in [0.25, 0.3) is 0 Å².